The average molecular weight is 183 g/mol. The second-order valence-corrected chi connectivity index (χ2v) is 3.01. The minimum Gasteiger partial charge on any atom is -0.383 e. The number of nitrogens with two attached hydrogens (primary N) is 1. The molecule has 0 aromatic carbocycles. The van der Waals surface area contributed by atoms with Crippen LogP contribution in [0.15, 0.2) is 12.5 Å². The van der Waals surface area contributed by atoms with E-state index in [4.69, 9.17) is 10.5 Å². The third-order valence-electron chi connectivity index (χ3n) is 2.18. The number of rotatable bonds is 5. The van der Waals surface area contributed by atoms with Crippen LogP contribution in [0.2, 0.25) is 0 Å². The van der Waals surface area contributed by atoms with Crippen molar-refractivity contribution in [1.82, 2.24) is 9.55 Å². The van der Waals surface area contributed by atoms with Crippen LogP contribution in [0.5, 0.6) is 0 Å². The fourth-order valence-electron chi connectivity index (χ4n) is 1.41. The maximum Gasteiger partial charge on any atom is 0.0952 e. The van der Waals surface area contributed by atoms with Crippen LogP contribution in [0.25, 0.3) is 0 Å². The second-order valence-electron chi connectivity index (χ2n) is 3.01. The van der Waals surface area contributed by atoms with Gasteiger partial charge in [-0.2, -0.15) is 0 Å². The zero-order chi connectivity index (χ0) is 9.68. The molecule has 1 aromatic rings. The summed E-state index contributed by atoms with van der Waals surface area (Å²) in [4.78, 5) is 4.07. The first-order valence-corrected chi connectivity index (χ1v) is 4.53. The molecule has 1 atom stereocenters. The number of methoxy groups -OCH3 is 1. The molecule has 2 N–H and O–H groups in total. The van der Waals surface area contributed by atoms with Gasteiger partial charge in [0.15, 0.2) is 0 Å². The minimum absolute atomic E-state index is 0.353. The fraction of sp³-hybridized carbons (Fsp3) is 0.667. The number of hydrogen-bond acceptors (Lipinski definition) is 3. The lowest BCUT2D eigenvalue weighted by Gasteiger charge is -2.17. The summed E-state index contributed by atoms with van der Waals surface area (Å²) in [5.74, 6) is 0. The molecule has 0 spiro atoms. The van der Waals surface area contributed by atoms with Gasteiger partial charge in [0.2, 0.25) is 0 Å². The summed E-state index contributed by atoms with van der Waals surface area (Å²) < 4.78 is 7.22. The topological polar surface area (TPSA) is 53.1 Å². The van der Waals surface area contributed by atoms with E-state index in [2.05, 4.69) is 16.5 Å². The predicted octanol–water partition coefficient (Wildman–Crippen LogP) is 0.939. The van der Waals surface area contributed by atoms with Gasteiger partial charge < -0.3 is 15.0 Å². The number of imidazole rings is 1. The van der Waals surface area contributed by atoms with Crippen molar-refractivity contribution in [3.63, 3.8) is 0 Å². The summed E-state index contributed by atoms with van der Waals surface area (Å²) in [5, 5.41) is 0. The molecule has 0 saturated heterocycles. The van der Waals surface area contributed by atoms with E-state index in [0.29, 0.717) is 19.2 Å². The van der Waals surface area contributed by atoms with Gasteiger partial charge in [-0.1, -0.05) is 6.92 Å². The maximum absolute atomic E-state index is 5.58. The minimum atomic E-state index is 0.353. The van der Waals surface area contributed by atoms with Gasteiger partial charge in [0.25, 0.3) is 0 Å². The highest BCUT2D eigenvalue weighted by molar-refractivity contribution is 4.99. The first kappa shape index (κ1) is 10.2. The van der Waals surface area contributed by atoms with E-state index in [-0.39, 0.29) is 0 Å². The lowest BCUT2D eigenvalue weighted by molar-refractivity contribution is 0.152. The number of hydrogen-bond donors (Lipinski definition) is 1. The van der Waals surface area contributed by atoms with Crippen molar-refractivity contribution in [1.29, 1.82) is 0 Å². The Bertz CT molecular complexity index is 247. The molecule has 1 aromatic heterocycles. The van der Waals surface area contributed by atoms with Crippen LogP contribution in [-0.4, -0.2) is 23.3 Å². The van der Waals surface area contributed by atoms with Crippen molar-refractivity contribution in [2.24, 2.45) is 5.73 Å². The average Bonchev–Trinajstić information content (AvgIpc) is 2.61. The van der Waals surface area contributed by atoms with Crippen LogP contribution in [0, 0.1) is 0 Å². The SMILES string of the molecule is CCC(COC)n1cncc1CN. The Labute approximate surface area is 78.7 Å². The molecule has 4 heteroatoms. The largest absolute Gasteiger partial charge is 0.383 e. The molecular formula is C9H17N3O. The first-order chi connectivity index (χ1) is 6.33. The number of aromatic nitrogens is 2. The summed E-state index contributed by atoms with van der Waals surface area (Å²) in [7, 11) is 1.71. The molecule has 0 aliphatic rings. The zero-order valence-electron chi connectivity index (χ0n) is 8.23. The fourth-order valence-corrected chi connectivity index (χ4v) is 1.41. The normalized spacial score (nSPS) is 13.2. The summed E-state index contributed by atoms with van der Waals surface area (Å²) in [6, 6.07) is 0.353. The van der Waals surface area contributed by atoms with E-state index in [0.717, 1.165) is 12.1 Å². The van der Waals surface area contributed by atoms with Crippen molar-refractivity contribution >= 4 is 0 Å². The van der Waals surface area contributed by atoms with Crippen molar-refractivity contribution in [3.8, 4) is 0 Å². The third kappa shape index (κ3) is 2.29. The molecule has 13 heavy (non-hydrogen) atoms. The number of nitrogens with zero attached hydrogens (tertiary/aromatic N) is 2. The van der Waals surface area contributed by atoms with Crippen molar-refractivity contribution in [2.45, 2.75) is 25.9 Å². The van der Waals surface area contributed by atoms with Crippen molar-refractivity contribution < 1.29 is 4.74 Å². The van der Waals surface area contributed by atoms with Gasteiger partial charge in [-0.05, 0) is 6.42 Å². The second kappa shape index (κ2) is 4.99. The zero-order valence-corrected chi connectivity index (χ0v) is 8.23. The van der Waals surface area contributed by atoms with Crippen LogP contribution >= 0.6 is 0 Å². The third-order valence-corrected chi connectivity index (χ3v) is 2.18. The highest BCUT2D eigenvalue weighted by Crippen LogP contribution is 2.13. The van der Waals surface area contributed by atoms with Gasteiger partial charge in [0.05, 0.1) is 24.7 Å². The Balaban J connectivity index is 2.77. The van der Waals surface area contributed by atoms with E-state index in [1.165, 1.54) is 0 Å². The van der Waals surface area contributed by atoms with Crippen LogP contribution in [0.4, 0.5) is 0 Å². The summed E-state index contributed by atoms with van der Waals surface area (Å²) >= 11 is 0. The van der Waals surface area contributed by atoms with E-state index >= 15 is 0 Å². The molecule has 0 amide bonds. The molecule has 0 saturated carbocycles. The molecule has 0 radical (unpaired) electrons. The molecule has 0 aliphatic carbocycles. The van der Waals surface area contributed by atoms with Gasteiger partial charge >= 0.3 is 0 Å². The van der Waals surface area contributed by atoms with Crippen molar-refractivity contribution in [2.75, 3.05) is 13.7 Å². The Morgan fingerprint density at radius 2 is 2.46 bits per heavy atom. The lowest BCUT2D eigenvalue weighted by Crippen LogP contribution is -2.16. The monoisotopic (exact) mass is 183 g/mol. The van der Waals surface area contributed by atoms with E-state index in [1.807, 2.05) is 6.33 Å². The molecule has 1 unspecified atom stereocenters. The van der Waals surface area contributed by atoms with Crippen LogP contribution < -0.4 is 5.73 Å². The molecule has 0 fully saturated rings. The van der Waals surface area contributed by atoms with E-state index in [1.54, 1.807) is 13.3 Å². The van der Waals surface area contributed by atoms with Gasteiger partial charge in [0.1, 0.15) is 0 Å². The Morgan fingerprint density at radius 3 is 3.00 bits per heavy atom. The summed E-state index contributed by atoms with van der Waals surface area (Å²) in [6.45, 7) is 3.37. The molecule has 0 aliphatic heterocycles. The van der Waals surface area contributed by atoms with Gasteiger partial charge in [-0.3, -0.25) is 0 Å². The van der Waals surface area contributed by atoms with Gasteiger partial charge in [-0.15, -0.1) is 0 Å². The Hall–Kier alpha value is -0.870. The Kier molecular flexibility index (Phi) is 3.92. The smallest absolute Gasteiger partial charge is 0.0952 e. The number of ether oxygens (including phenoxy) is 1. The van der Waals surface area contributed by atoms with Gasteiger partial charge in [-0.25, -0.2) is 4.98 Å². The molecule has 1 heterocycles. The molecular weight excluding hydrogens is 166 g/mol. The summed E-state index contributed by atoms with van der Waals surface area (Å²) in [6.07, 6.45) is 4.64. The molecule has 1 rings (SSSR count). The highest BCUT2D eigenvalue weighted by atomic mass is 16.5. The van der Waals surface area contributed by atoms with E-state index in [9.17, 15) is 0 Å². The lowest BCUT2D eigenvalue weighted by atomic mass is 10.2. The standard InChI is InChI=1S/C9H17N3O/c1-3-8(6-13-2)12-7-11-5-9(12)4-10/h5,7-8H,3-4,6,10H2,1-2H3. The predicted molar refractivity (Wildman–Crippen MR) is 51.3 cm³/mol. The first-order valence-electron chi connectivity index (χ1n) is 4.53. The van der Waals surface area contributed by atoms with Crippen molar-refractivity contribution in [3.05, 3.63) is 18.2 Å². The highest BCUT2D eigenvalue weighted by Gasteiger charge is 2.10. The maximum atomic E-state index is 5.58. The van der Waals surface area contributed by atoms with Crippen LogP contribution in [-0.2, 0) is 11.3 Å². The molecule has 0 bridgehead atoms. The van der Waals surface area contributed by atoms with Crippen LogP contribution in [0.1, 0.15) is 25.1 Å². The molecule has 74 valence electrons. The Morgan fingerprint density at radius 1 is 1.69 bits per heavy atom. The quantitative estimate of drug-likeness (QED) is 0.739. The summed E-state index contributed by atoms with van der Waals surface area (Å²) in [5.41, 5.74) is 6.64. The van der Waals surface area contributed by atoms with E-state index < -0.39 is 0 Å². The van der Waals surface area contributed by atoms with Gasteiger partial charge in [0, 0.05) is 19.9 Å². The molecule has 4 nitrogen and oxygen atoms in total. The van der Waals surface area contributed by atoms with Crippen LogP contribution in [0.3, 0.4) is 0 Å².